The number of hydrogen-bond acceptors (Lipinski definition) is 8. The molecular formula is C8H9FN2O7. The summed E-state index contributed by atoms with van der Waals surface area (Å²) >= 11 is 0. The van der Waals surface area contributed by atoms with Crippen LogP contribution >= 0.6 is 0 Å². The van der Waals surface area contributed by atoms with Crippen LogP contribution < -0.4 is 5.32 Å². The summed E-state index contributed by atoms with van der Waals surface area (Å²) < 4.78 is 12.0. The minimum Gasteiger partial charge on any atom is -0.503 e. The predicted octanol–water partition coefficient (Wildman–Crippen LogP) is 0.117. The molecule has 0 radical (unpaired) electrons. The van der Waals surface area contributed by atoms with Crippen LogP contribution in [-0.2, 0) is 4.79 Å². The van der Waals surface area contributed by atoms with Gasteiger partial charge in [-0.25, -0.2) is 4.39 Å². The highest BCUT2D eigenvalue weighted by molar-refractivity contribution is 5.80. The number of carbonyl (C=O) groups excluding carboxylic acids is 1. The third-order valence-electron chi connectivity index (χ3n) is 1.91. The number of halogens is 1. The van der Waals surface area contributed by atoms with E-state index in [2.05, 4.69) is 0 Å². The molecule has 0 aromatic rings. The Morgan fingerprint density at radius 3 is 2.06 bits per heavy atom. The van der Waals surface area contributed by atoms with Gasteiger partial charge >= 0.3 is 0 Å². The van der Waals surface area contributed by atoms with Crippen molar-refractivity contribution in [2.45, 2.75) is 0 Å². The molecule has 1 amide bonds. The smallest absolute Gasteiger partial charge is 0.266 e. The molecule has 0 fully saturated rings. The summed E-state index contributed by atoms with van der Waals surface area (Å²) in [6, 6.07) is 0. The Kier molecular flexibility index (Phi) is 3.52. The van der Waals surface area contributed by atoms with Gasteiger partial charge in [0.1, 0.15) is 5.70 Å². The van der Waals surface area contributed by atoms with Gasteiger partial charge in [0.2, 0.25) is 11.5 Å². The van der Waals surface area contributed by atoms with E-state index in [9.17, 15) is 29.6 Å². The number of aliphatic hydroxyl groups excluding tert-OH is 5. The second-order valence-electron chi connectivity index (χ2n) is 3.06. The zero-order chi connectivity index (χ0) is 14.0. The van der Waals surface area contributed by atoms with E-state index in [0.29, 0.717) is 0 Å². The molecule has 0 spiro atoms. The average Bonchev–Trinajstić information content (AvgIpc) is 2.42. The van der Waals surface area contributed by atoms with Gasteiger partial charge in [0, 0.05) is 0 Å². The maximum Gasteiger partial charge on any atom is 0.266 e. The summed E-state index contributed by atoms with van der Waals surface area (Å²) in [5.41, 5.74) is -0.990. The number of carbonyl (C=O) groups is 1. The van der Waals surface area contributed by atoms with Crippen molar-refractivity contribution in [3.63, 3.8) is 0 Å². The lowest BCUT2D eigenvalue weighted by Gasteiger charge is -2.13. The van der Waals surface area contributed by atoms with Crippen LogP contribution in [0.2, 0.25) is 0 Å². The Labute approximate surface area is 98.6 Å². The van der Waals surface area contributed by atoms with Crippen molar-refractivity contribution in [1.29, 1.82) is 0 Å². The third-order valence-corrected chi connectivity index (χ3v) is 1.91. The number of amides is 1. The van der Waals surface area contributed by atoms with Crippen LogP contribution in [0.15, 0.2) is 34.7 Å². The number of nitrogens with one attached hydrogen (secondary N) is 1. The van der Waals surface area contributed by atoms with Crippen molar-refractivity contribution in [3.05, 3.63) is 34.7 Å². The Hall–Kier alpha value is -2.62. The van der Waals surface area contributed by atoms with E-state index < -0.39 is 52.4 Å². The van der Waals surface area contributed by atoms with E-state index in [4.69, 9.17) is 10.3 Å². The second-order valence-corrected chi connectivity index (χ2v) is 3.06. The van der Waals surface area contributed by atoms with Gasteiger partial charge < -0.3 is 30.8 Å². The Balaban J connectivity index is 3.38. The Morgan fingerprint density at radius 1 is 1.06 bits per heavy atom. The van der Waals surface area contributed by atoms with Crippen molar-refractivity contribution in [2.75, 3.05) is 6.67 Å². The lowest BCUT2D eigenvalue weighted by molar-refractivity contribution is -0.121. The van der Waals surface area contributed by atoms with Crippen molar-refractivity contribution in [1.82, 2.24) is 10.4 Å². The summed E-state index contributed by atoms with van der Waals surface area (Å²) in [7, 11) is 0. The normalized spacial score (nSPS) is 17.1. The summed E-state index contributed by atoms with van der Waals surface area (Å²) in [4.78, 5) is 10.8. The number of hydrogen-bond donors (Lipinski definition) is 7. The first-order valence-electron chi connectivity index (χ1n) is 4.34. The second kappa shape index (κ2) is 4.71. The molecule has 10 heteroatoms. The highest BCUT2D eigenvalue weighted by atomic mass is 19.1. The molecule has 0 saturated heterocycles. The fourth-order valence-corrected chi connectivity index (χ4v) is 1.04. The monoisotopic (exact) mass is 264 g/mol. The topological polar surface area (TPSA) is 154 Å². The standard InChI is InChI=1S/C8H9FN2O7/c9-1-2(12)10-3-4(13)6(15)8(17)11(18)7(16)5(3)14/h13-18H,1H2,(H,10,12). The summed E-state index contributed by atoms with van der Waals surface area (Å²) in [5.74, 6) is -8.07. The van der Waals surface area contributed by atoms with Crippen LogP contribution in [0.1, 0.15) is 0 Å². The molecule has 0 atom stereocenters. The van der Waals surface area contributed by atoms with E-state index in [-0.39, 0.29) is 0 Å². The minimum atomic E-state index is -1.51. The molecule has 0 unspecified atom stereocenters. The van der Waals surface area contributed by atoms with E-state index in [1.165, 1.54) is 0 Å². The predicted molar refractivity (Wildman–Crippen MR) is 52.0 cm³/mol. The summed E-state index contributed by atoms with van der Waals surface area (Å²) in [6.07, 6.45) is 0. The maximum atomic E-state index is 12.0. The lowest BCUT2D eigenvalue weighted by atomic mass is 10.2. The number of alkyl halides is 1. The van der Waals surface area contributed by atoms with Gasteiger partial charge in [-0.1, -0.05) is 0 Å². The van der Waals surface area contributed by atoms with E-state index in [0.717, 1.165) is 0 Å². The average molecular weight is 264 g/mol. The molecule has 1 aliphatic rings. The molecular weight excluding hydrogens is 255 g/mol. The first-order chi connectivity index (χ1) is 8.31. The molecule has 1 rings (SSSR count). The van der Waals surface area contributed by atoms with Gasteiger partial charge in [-0.05, 0) is 0 Å². The van der Waals surface area contributed by atoms with E-state index >= 15 is 0 Å². The summed E-state index contributed by atoms with van der Waals surface area (Å²) in [5, 5.41) is 56.5. The minimum absolute atomic E-state index is 0.463. The van der Waals surface area contributed by atoms with Gasteiger partial charge in [-0.3, -0.25) is 10.0 Å². The molecule has 0 aromatic heterocycles. The quantitative estimate of drug-likeness (QED) is 0.371. The first-order valence-corrected chi connectivity index (χ1v) is 4.34. The first kappa shape index (κ1) is 13.4. The molecule has 9 nitrogen and oxygen atoms in total. The zero-order valence-corrected chi connectivity index (χ0v) is 8.62. The molecule has 0 aliphatic carbocycles. The number of aliphatic hydroxyl groups is 5. The lowest BCUT2D eigenvalue weighted by Crippen LogP contribution is -2.27. The van der Waals surface area contributed by atoms with Crippen LogP contribution in [0.3, 0.4) is 0 Å². The van der Waals surface area contributed by atoms with E-state index in [1.54, 1.807) is 5.32 Å². The fraction of sp³-hybridized carbons (Fsp3) is 0.125. The number of rotatable bonds is 2. The van der Waals surface area contributed by atoms with E-state index in [1.807, 2.05) is 0 Å². The van der Waals surface area contributed by atoms with Crippen LogP contribution in [0, 0.1) is 0 Å². The van der Waals surface area contributed by atoms with Crippen molar-refractivity contribution in [3.8, 4) is 0 Å². The van der Waals surface area contributed by atoms with Crippen LogP contribution in [-0.4, -0.2) is 48.4 Å². The van der Waals surface area contributed by atoms with Crippen LogP contribution in [0.5, 0.6) is 0 Å². The van der Waals surface area contributed by atoms with Crippen molar-refractivity contribution in [2.24, 2.45) is 0 Å². The molecule has 100 valence electrons. The number of nitrogens with zero attached hydrogens (tertiary/aromatic N) is 1. The van der Waals surface area contributed by atoms with Crippen molar-refractivity contribution < 1.29 is 39.9 Å². The fourth-order valence-electron chi connectivity index (χ4n) is 1.04. The molecule has 0 aromatic carbocycles. The summed E-state index contributed by atoms with van der Waals surface area (Å²) in [6.45, 7) is -1.51. The molecule has 0 bridgehead atoms. The molecule has 0 saturated carbocycles. The molecule has 1 aliphatic heterocycles. The highest BCUT2D eigenvalue weighted by Gasteiger charge is 2.31. The van der Waals surface area contributed by atoms with Crippen LogP contribution in [0.4, 0.5) is 4.39 Å². The van der Waals surface area contributed by atoms with Gasteiger partial charge in [0.25, 0.3) is 17.7 Å². The Morgan fingerprint density at radius 2 is 1.56 bits per heavy atom. The Bertz CT molecular complexity index is 482. The van der Waals surface area contributed by atoms with Crippen LogP contribution in [0.25, 0.3) is 0 Å². The largest absolute Gasteiger partial charge is 0.503 e. The molecule has 18 heavy (non-hydrogen) atoms. The van der Waals surface area contributed by atoms with Gasteiger partial charge in [0.15, 0.2) is 12.4 Å². The highest BCUT2D eigenvalue weighted by Crippen LogP contribution is 2.25. The van der Waals surface area contributed by atoms with Crippen molar-refractivity contribution >= 4 is 5.91 Å². The number of hydroxylamine groups is 2. The van der Waals surface area contributed by atoms with Gasteiger partial charge in [-0.15, -0.1) is 0 Å². The molecule has 1 heterocycles. The van der Waals surface area contributed by atoms with Gasteiger partial charge in [0.05, 0.1) is 0 Å². The zero-order valence-electron chi connectivity index (χ0n) is 8.62. The maximum absolute atomic E-state index is 12.0. The SMILES string of the molecule is O=C(CF)NC1=C(O)C(O)=C(O)N(O)C(O)=C1O. The third kappa shape index (κ3) is 2.08. The molecule has 7 N–H and O–H groups in total. The van der Waals surface area contributed by atoms with Gasteiger partial charge in [-0.2, -0.15) is 5.06 Å².